The second-order valence-electron chi connectivity index (χ2n) is 7.13. The van der Waals surface area contributed by atoms with Crippen molar-refractivity contribution in [2.24, 2.45) is 4.99 Å². The third-order valence-corrected chi connectivity index (χ3v) is 6.09. The Bertz CT molecular complexity index is 800. The quantitative estimate of drug-likeness (QED) is 0.471. The summed E-state index contributed by atoms with van der Waals surface area (Å²) in [6.07, 6.45) is 8.01. The molecule has 0 unspecified atom stereocenters. The van der Waals surface area contributed by atoms with Crippen molar-refractivity contribution in [3.63, 3.8) is 0 Å². The molecular formula is C22H32N4O2S. The normalized spacial score (nSPS) is 14.8. The summed E-state index contributed by atoms with van der Waals surface area (Å²) in [7, 11) is 1.68. The molecule has 0 saturated heterocycles. The Kier molecular flexibility index (Phi) is 8.16. The fourth-order valence-corrected chi connectivity index (χ4v) is 4.16. The van der Waals surface area contributed by atoms with Crippen molar-refractivity contribution in [3.8, 4) is 11.5 Å². The number of ether oxygens (including phenoxy) is 2. The SMILES string of the molecule is CCNC(=NCc1ccc(OC)c(OC2CCCC2)c1)NCc1ncc(CC)s1. The number of benzene rings is 1. The molecule has 1 aliphatic carbocycles. The minimum atomic E-state index is 0.299. The Morgan fingerprint density at radius 2 is 2.03 bits per heavy atom. The topological polar surface area (TPSA) is 67.8 Å². The lowest BCUT2D eigenvalue weighted by Crippen LogP contribution is -2.36. The number of hydrogen-bond donors (Lipinski definition) is 2. The molecule has 7 heteroatoms. The minimum absolute atomic E-state index is 0.299. The Morgan fingerprint density at radius 3 is 2.72 bits per heavy atom. The van der Waals surface area contributed by atoms with E-state index in [1.807, 2.05) is 18.3 Å². The second kappa shape index (κ2) is 11.0. The van der Waals surface area contributed by atoms with E-state index in [0.29, 0.717) is 19.2 Å². The van der Waals surface area contributed by atoms with Gasteiger partial charge in [0, 0.05) is 17.6 Å². The summed E-state index contributed by atoms with van der Waals surface area (Å²) in [5, 5.41) is 7.74. The highest BCUT2D eigenvalue weighted by Gasteiger charge is 2.18. The molecule has 29 heavy (non-hydrogen) atoms. The first-order valence-electron chi connectivity index (χ1n) is 10.5. The monoisotopic (exact) mass is 416 g/mol. The van der Waals surface area contributed by atoms with Gasteiger partial charge >= 0.3 is 0 Å². The molecule has 0 spiro atoms. The van der Waals surface area contributed by atoms with E-state index in [-0.39, 0.29) is 0 Å². The molecule has 1 heterocycles. The van der Waals surface area contributed by atoms with Crippen molar-refractivity contribution in [2.45, 2.75) is 65.1 Å². The van der Waals surface area contributed by atoms with Crippen LogP contribution >= 0.6 is 11.3 Å². The number of thiazole rings is 1. The molecular weight excluding hydrogens is 384 g/mol. The first kappa shape index (κ1) is 21.4. The molecule has 0 amide bonds. The first-order chi connectivity index (χ1) is 14.2. The molecule has 2 aromatic rings. The number of aromatic nitrogens is 1. The van der Waals surface area contributed by atoms with Crippen molar-refractivity contribution in [1.29, 1.82) is 0 Å². The largest absolute Gasteiger partial charge is 0.493 e. The highest BCUT2D eigenvalue weighted by molar-refractivity contribution is 7.11. The highest BCUT2D eigenvalue weighted by atomic mass is 32.1. The molecule has 158 valence electrons. The number of nitrogens with zero attached hydrogens (tertiary/aromatic N) is 2. The smallest absolute Gasteiger partial charge is 0.191 e. The second-order valence-corrected chi connectivity index (χ2v) is 8.33. The minimum Gasteiger partial charge on any atom is -0.493 e. The maximum Gasteiger partial charge on any atom is 0.191 e. The van der Waals surface area contributed by atoms with Gasteiger partial charge in [0.2, 0.25) is 0 Å². The maximum atomic E-state index is 6.20. The molecule has 1 aromatic carbocycles. The third-order valence-electron chi connectivity index (χ3n) is 4.94. The molecule has 0 aliphatic heterocycles. The van der Waals surface area contributed by atoms with Crippen LogP contribution in [0.5, 0.6) is 11.5 Å². The van der Waals surface area contributed by atoms with Gasteiger partial charge in [-0.2, -0.15) is 0 Å². The van der Waals surface area contributed by atoms with Crippen LogP contribution in [0.1, 0.15) is 55.0 Å². The zero-order chi connectivity index (χ0) is 20.5. The van der Waals surface area contributed by atoms with Crippen molar-refractivity contribution in [1.82, 2.24) is 15.6 Å². The van der Waals surface area contributed by atoms with Gasteiger partial charge in [0.15, 0.2) is 17.5 Å². The van der Waals surface area contributed by atoms with Crippen LogP contribution in [0, 0.1) is 0 Å². The van der Waals surface area contributed by atoms with Crippen LogP contribution in [0.2, 0.25) is 0 Å². The Morgan fingerprint density at radius 1 is 1.21 bits per heavy atom. The fraction of sp³-hybridized carbons (Fsp3) is 0.545. The average Bonchev–Trinajstić information content (AvgIpc) is 3.42. The number of aliphatic imine (C=N–C) groups is 1. The van der Waals surface area contributed by atoms with Gasteiger partial charge in [-0.05, 0) is 56.7 Å². The summed E-state index contributed by atoms with van der Waals surface area (Å²) in [6.45, 7) is 6.27. The van der Waals surface area contributed by atoms with E-state index in [0.717, 1.165) is 53.8 Å². The lowest BCUT2D eigenvalue weighted by atomic mass is 10.2. The highest BCUT2D eigenvalue weighted by Crippen LogP contribution is 2.32. The van der Waals surface area contributed by atoms with Crippen LogP contribution in [0.4, 0.5) is 0 Å². The Balaban J connectivity index is 1.64. The lowest BCUT2D eigenvalue weighted by Gasteiger charge is -2.17. The van der Waals surface area contributed by atoms with Crippen molar-refractivity contribution in [3.05, 3.63) is 39.8 Å². The molecule has 6 nitrogen and oxygen atoms in total. The zero-order valence-corrected chi connectivity index (χ0v) is 18.5. The number of nitrogens with one attached hydrogen (secondary N) is 2. The summed E-state index contributed by atoms with van der Waals surface area (Å²) in [5.41, 5.74) is 1.10. The molecule has 1 fully saturated rings. The standard InChI is InChI=1S/C22H32N4O2S/c1-4-18-14-24-21(29-18)15-26-22(23-5-2)25-13-16-10-11-19(27-3)20(12-16)28-17-8-6-7-9-17/h10-12,14,17H,4-9,13,15H2,1-3H3,(H2,23,25,26). The van der Waals surface area contributed by atoms with Gasteiger partial charge in [-0.3, -0.25) is 0 Å². The Labute approximate surface area is 177 Å². The van der Waals surface area contributed by atoms with Gasteiger partial charge in [0.25, 0.3) is 0 Å². The maximum absolute atomic E-state index is 6.20. The van der Waals surface area contributed by atoms with Gasteiger partial charge in [-0.15, -0.1) is 11.3 Å². The predicted octanol–water partition coefficient (Wildman–Crippen LogP) is 4.29. The van der Waals surface area contributed by atoms with Gasteiger partial charge in [-0.25, -0.2) is 9.98 Å². The first-order valence-corrected chi connectivity index (χ1v) is 11.3. The van der Waals surface area contributed by atoms with E-state index in [9.17, 15) is 0 Å². The number of rotatable bonds is 9. The molecule has 1 aliphatic rings. The van der Waals surface area contributed by atoms with E-state index < -0.39 is 0 Å². The van der Waals surface area contributed by atoms with Crippen molar-refractivity contribution < 1.29 is 9.47 Å². The van der Waals surface area contributed by atoms with E-state index in [1.54, 1.807) is 18.4 Å². The number of guanidine groups is 1. The number of hydrogen-bond acceptors (Lipinski definition) is 5. The van der Waals surface area contributed by atoms with E-state index in [1.165, 1.54) is 17.7 Å². The van der Waals surface area contributed by atoms with Crippen LogP contribution in [0.3, 0.4) is 0 Å². The van der Waals surface area contributed by atoms with E-state index in [4.69, 9.17) is 14.5 Å². The predicted molar refractivity (Wildman–Crippen MR) is 119 cm³/mol. The summed E-state index contributed by atoms with van der Waals surface area (Å²) in [4.78, 5) is 10.5. The molecule has 2 N–H and O–H groups in total. The Hall–Kier alpha value is -2.28. The lowest BCUT2D eigenvalue weighted by molar-refractivity contribution is 0.200. The van der Waals surface area contributed by atoms with Crippen molar-refractivity contribution in [2.75, 3.05) is 13.7 Å². The van der Waals surface area contributed by atoms with Crippen molar-refractivity contribution >= 4 is 17.3 Å². The van der Waals surface area contributed by atoms with E-state index in [2.05, 4.69) is 35.5 Å². The number of aryl methyl sites for hydroxylation is 1. The summed E-state index contributed by atoms with van der Waals surface area (Å²) in [5.74, 6) is 2.39. The molecule has 0 atom stereocenters. The molecule has 1 aromatic heterocycles. The van der Waals surface area contributed by atoms with Gasteiger partial charge in [-0.1, -0.05) is 13.0 Å². The molecule has 3 rings (SSSR count). The fourth-order valence-electron chi connectivity index (χ4n) is 3.36. The third kappa shape index (κ3) is 6.35. The molecule has 0 radical (unpaired) electrons. The number of methoxy groups -OCH3 is 1. The average molecular weight is 417 g/mol. The summed E-state index contributed by atoms with van der Waals surface area (Å²) >= 11 is 1.74. The van der Waals surface area contributed by atoms with Gasteiger partial charge in [0.1, 0.15) is 5.01 Å². The molecule has 1 saturated carbocycles. The summed E-state index contributed by atoms with van der Waals surface area (Å²) in [6, 6.07) is 6.07. The van der Waals surface area contributed by atoms with Gasteiger partial charge in [0.05, 0.1) is 26.3 Å². The summed E-state index contributed by atoms with van der Waals surface area (Å²) < 4.78 is 11.7. The van der Waals surface area contributed by atoms with Gasteiger partial charge < -0.3 is 20.1 Å². The molecule has 0 bridgehead atoms. The van der Waals surface area contributed by atoms with Crippen LogP contribution in [0.25, 0.3) is 0 Å². The van der Waals surface area contributed by atoms with E-state index >= 15 is 0 Å². The van der Waals surface area contributed by atoms with Crippen LogP contribution in [-0.2, 0) is 19.5 Å². The van der Waals surface area contributed by atoms with Crippen LogP contribution in [-0.4, -0.2) is 30.7 Å². The van der Waals surface area contributed by atoms with Crippen LogP contribution < -0.4 is 20.1 Å². The van der Waals surface area contributed by atoms with Crippen LogP contribution in [0.15, 0.2) is 29.4 Å². The zero-order valence-electron chi connectivity index (χ0n) is 17.7.